The van der Waals surface area contributed by atoms with E-state index in [1.165, 1.54) is 44.1 Å². The first-order valence-corrected chi connectivity index (χ1v) is 14.1. The number of rotatable bonds is 2. The van der Waals surface area contributed by atoms with E-state index in [1.54, 1.807) is 0 Å². The van der Waals surface area contributed by atoms with Gasteiger partial charge in [-0.05, 0) is 112 Å². The van der Waals surface area contributed by atoms with Crippen molar-refractivity contribution in [2.45, 2.75) is 109 Å². The lowest BCUT2D eigenvalue weighted by Crippen LogP contribution is -2.54. The Morgan fingerprint density at radius 3 is 2.33 bits per heavy atom. The molecule has 6 rings (SSSR count). The highest BCUT2D eigenvalue weighted by Crippen LogP contribution is 2.67. The van der Waals surface area contributed by atoms with Crippen LogP contribution in [-0.4, -0.2) is 42.4 Å². The van der Waals surface area contributed by atoms with E-state index >= 15 is 0 Å². The third-order valence-corrected chi connectivity index (χ3v) is 11.4. The van der Waals surface area contributed by atoms with Crippen LogP contribution in [0.1, 0.15) is 90.9 Å². The van der Waals surface area contributed by atoms with Gasteiger partial charge in [0.15, 0.2) is 5.78 Å². The Morgan fingerprint density at radius 2 is 1.64 bits per heavy atom. The quantitative estimate of drug-likeness (QED) is 0.599. The molecule has 184 valence electrons. The van der Waals surface area contributed by atoms with Crippen molar-refractivity contribution >= 4 is 5.78 Å². The first-order chi connectivity index (χ1) is 15.9. The third-order valence-electron chi connectivity index (χ3n) is 11.4. The lowest BCUT2D eigenvalue weighted by atomic mass is 9.46. The van der Waals surface area contributed by atoms with E-state index in [4.69, 9.17) is 9.47 Å². The number of ketones is 1. The molecule has 0 aromatic heterocycles. The number of aliphatic hydroxyl groups excluding tert-OH is 1. The highest BCUT2D eigenvalue weighted by Gasteiger charge is 2.64. The molecule has 4 aliphatic carbocycles. The standard InChI is InChI=1S/C29H44O4/c1-28-11-9-18(24-7-3-5-13-32-24)15-19(28)16-22(30)26-20(28)10-12-29(2)21(26)17-23(31)27(29)25-8-4-6-14-33-25/h16,18,20-21,23-27,31H,3-15,17H2,1-2H3/t18-,20?,21?,23+,24?,25?,26?,27+,28-,29-/m0/s1. The second-order valence-electron chi connectivity index (χ2n) is 12.9. The number of hydrogen-bond donors (Lipinski definition) is 1. The lowest BCUT2D eigenvalue weighted by Gasteiger charge is -2.58. The molecule has 5 fully saturated rings. The minimum Gasteiger partial charge on any atom is -0.393 e. The minimum atomic E-state index is -0.327. The summed E-state index contributed by atoms with van der Waals surface area (Å²) < 4.78 is 12.4. The molecular formula is C29H44O4. The zero-order valence-corrected chi connectivity index (χ0v) is 20.8. The van der Waals surface area contributed by atoms with Gasteiger partial charge in [0.1, 0.15) is 0 Å². The molecule has 0 radical (unpaired) electrons. The fourth-order valence-corrected chi connectivity index (χ4v) is 9.66. The summed E-state index contributed by atoms with van der Waals surface area (Å²) >= 11 is 0. The zero-order valence-electron chi connectivity index (χ0n) is 20.8. The molecule has 0 aromatic carbocycles. The van der Waals surface area contributed by atoms with Crippen molar-refractivity contribution in [1.29, 1.82) is 0 Å². The van der Waals surface area contributed by atoms with E-state index in [-0.39, 0.29) is 34.9 Å². The Morgan fingerprint density at radius 1 is 0.909 bits per heavy atom. The molecule has 2 heterocycles. The van der Waals surface area contributed by atoms with E-state index < -0.39 is 0 Å². The molecule has 5 unspecified atom stereocenters. The van der Waals surface area contributed by atoms with E-state index in [0.29, 0.717) is 29.6 Å². The van der Waals surface area contributed by atoms with Gasteiger partial charge in [-0.2, -0.15) is 0 Å². The lowest BCUT2D eigenvalue weighted by molar-refractivity contribution is -0.140. The minimum absolute atomic E-state index is 0.0209. The number of aliphatic hydroxyl groups is 1. The number of carbonyl (C=O) groups excluding carboxylic acids is 1. The van der Waals surface area contributed by atoms with Crippen molar-refractivity contribution in [3.63, 3.8) is 0 Å². The summed E-state index contributed by atoms with van der Waals surface area (Å²) in [5, 5.41) is 11.3. The van der Waals surface area contributed by atoms with E-state index in [0.717, 1.165) is 51.7 Å². The Hall–Kier alpha value is -0.710. The van der Waals surface area contributed by atoms with Crippen LogP contribution in [-0.2, 0) is 14.3 Å². The van der Waals surface area contributed by atoms with Crippen LogP contribution in [0.3, 0.4) is 0 Å². The predicted octanol–water partition coefficient (Wildman–Crippen LogP) is 5.47. The van der Waals surface area contributed by atoms with E-state index in [9.17, 15) is 9.90 Å². The molecule has 10 atom stereocenters. The highest BCUT2D eigenvalue weighted by atomic mass is 16.5. The maximum Gasteiger partial charge on any atom is 0.159 e. The maximum absolute atomic E-state index is 13.8. The number of allylic oxidation sites excluding steroid dienone is 2. The summed E-state index contributed by atoms with van der Waals surface area (Å²) in [5.74, 6) is 1.96. The summed E-state index contributed by atoms with van der Waals surface area (Å²) in [5.41, 5.74) is 1.59. The van der Waals surface area contributed by atoms with Crippen LogP contribution in [0.5, 0.6) is 0 Å². The maximum atomic E-state index is 13.8. The van der Waals surface area contributed by atoms with Gasteiger partial charge in [0, 0.05) is 25.0 Å². The number of hydrogen-bond acceptors (Lipinski definition) is 4. The normalized spacial score (nSPS) is 52.5. The second-order valence-corrected chi connectivity index (χ2v) is 12.9. The highest BCUT2D eigenvalue weighted by molar-refractivity contribution is 5.94. The van der Waals surface area contributed by atoms with Crippen molar-refractivity contribution in [3.8, 4) is 0 Å². The molecule has 2 aliphatic heterocycles. The van der Waals surface area contributed by atoms with E-state index in [1.807, 2.05) is 0 Å². The van der Waals surface area contributed by atoms with Crippen LogP contribution >= 0.6 is 0 Å². The van der Waals surface area contributed by atoms with Crippen molar-refractivity contribution in [3.05, 3.63) is 11.6 Å². The number of fused-ring (bicyclic) bond motifs is 5. The Bertz CT molecular complexity index is 793. The van der Waals surface area contributed by atoms with Gasteiger partial charge in [0.2, 0.25) is 0 Å². The summed E-state index contributed by atoms with van der Waals surface area (Å²) in [6.45, 7) is 6.60. The SMILES string of the molecule is C[C@]12CC[C@H](C3CCCCO3)CC1=CC(=O)C1C2CC[C@@]2(C)C1C[C@@H](O)[C@@H]2C1CCCCO1. The van der Waals surface area contributed by atoms with Crippen molar-refractivity contribution in [1.82, 2.24) is 0 Å². The molecule has 0 amide bonds. The molecule has 1 N–H and O–H groups in total. The molecular weight excluding hydrogens is 412 g/mol. The third kappa shape index (κ3) is 3.52. The molecule has 33 heavy (non-hydrogen) atoms. The monoisotopic (exact) mass is 456 g/mol. The smallest absolute Gasteiger partial charge is 0.159 e. The molecule has 0 bridgehead atoms. The van der Waals surface area contributed by atoms with Gasteiger partial charge in [0.25, 0.3) is 0 Å². The molecule has 0 spiro atoms. The van der Waals surface area contributed by atoms with Gasteiger partial charge in [-0.15, -0.1) is 0 Å². The molecule has 4 nitrogen and oxygen atoms in total. The van der Waals surface area contributed by atoms with Crippen LogP contribution in [0.4, 0.5) is 0 Å². The first kappa shape index (κ1) is 22.7. The van der Waals surface area contributed by atoms with Crippen LogP contribution in [0, 0.1) is 40.4 Å². The summed E-state index contributed by atoms with van der Waals surface area (Å²) in [4.78, 5) is 13.8. The Labute approximate surface area is 199 Å². The second kappa shape index (κ2) is 8.45. The van der Waals surface area contributed by atoms with Crippen molar-refractivity contribution in [2.24, 2.45) is 40.4 Å². The fourth-order valence-electron chi connectivity index (χ4n) is 9.66. The topological polar surface area (TPSA) is 55.8 Å². The first-order valence-electron chi connectivity index (χ1n) is 14.1. The zero-order chi connectivity index (χ0) is 22.8. The van der Waals surface area contributed by atoms with E-state index in [2.05, 4.69) is 19.9 Å². The molecule has 3 saturated carbocycles. The van der Waals surface area contributed by atoms with Crippen LogP contribution in [0.25, 0.3) is 0 Å². The largest absolute Gasteiger partial charge is 0.393 e. The average Bonchev–Trinajstić information content (AvgIpc) is 3.10. The van der Waals surface area contributed by atoms with Gasteiger partial charge in [-0.25, -0.2) is 0 Å². The summed E-state index contributed by atoms with van der Waals surface area (Å²) in [6.07, 6.45) is 15.9. The van der Waals surface area contributed by atoms with Gasteiger partial charge in [-0.1, -0.05) is 19.4 Å². The van der Waals surface area contributed by atoms with Crippen LogP contribution < -0.4 is 0 Å². The van der Waals surface area contributed by atoms with Crippen molar-refractivity contribution in [2.75, 3.05) is 13.2 Å². The van der Waals surface area contributed by atoms with Crippen LogP contribution in [0.2, 0.25) is 0 Å². The fraction of sp³-hybridized carbons (Fsp3) is 0.897. The predicted molar refractivity (Wildman–Crippen MR) is 128 cm³/mol. The van der Waals surface area contributed by atoms with Crippen LogP contribution in [0.15, 0.2) is 11.6 Å². The Kier molecular flexibility index (Phi) is 5.82. The summed E-state index contributed by atoms with van der Waals surface area (Å²) in [6, 6.07) is 0. The van der Waals surface area contributed by atoms with Gasteiger partial charge in [-0.3, -0.25) is 4.79 Å². The summed E-state index contributed by atoms with van der Waals surface area (Å²) in [7, 11) is 0. The Balaban J connectivity index is 1.27. The molecule has 2 saturated heterocycles. The molecule has 0 aromatic rings. The molecule has 4 heteroatoms. The average molecular weight is 457 g/mol. The molecule has 6 aliphatic rings. The number of carbonyl (C=O) groups is 1. The van der Waals surface area contributed by atoms with Gasteiger partial charge < -0.3 is 14.6 Å². The van der Waals surface area contributed by atoms with Crippen molar-refractivity contribution < 1.29 is 19.4 Å². The van der Waals surface area contributed by atoms with Gasteiger partial charge in [0.05, 0.1) is 18.3 Å². The van der Waals surface area contributed by atoms with Gasteiger partial charge >= 0.3 is 0 Å². The number of ether oxygens (including phenoxy) is 2.